The Morgan fingerprint density at radius 1 is 1.08 bits per heavy atom. The Bertz CT molecular complexity index is 1410. The van der Waals surface area contributed by atoms with Crippen LogP contribution in [0.25, 0.3) is 11.3 Å². The van der Waals surface area contributed by atoms with Crippen molar-refractivity contribution in [3.63, 3.8) is 0 Å². The Hall–Kier alpha value is -4.46. The number of aryl methyl sites for hydroxylation is 1. The number of hydrogen-bond acceptors (Lipinski definition) is 5. The number of phenols is 1. The average Bonchev–Trinajstić information content (AvgIpc) is 3.26. The zero-order chi connectivity index (χ0) is 25.1. The highest BCUT2D eigenvalue weighted by Crippen LogP contribution is 2.39. The van der Waals surface area contributed by atoms with Gasteiger partial charge in [-0.25, -0.2) is 4.79 Å². The van der Waals surface area contributed by atoms with Gasteiger partial charge < -0.3 is 15.7 Å². The van der Waals surface area contributed by atoms with Crippen molar-refractivity contribution in [2.75, 3.05) is 5.32 Å². The highest BCUT2D eigenvalue weighted by atomic mass is 16.3. The summed E-state index contributed by atoms with van der Waals surface area (Å²) in [6.45, 7) is 2.41. The standard InChI is InChI=1S/C28H27N5O3/c1-18-5-2-6-19(13-18)16-30-28(36)33-25(20-7-3-8-20)15-24(32-33)23-11-10-22(14-26(23)34)31-27(35)21-9-4-12-29-17-21/h2,4-6,9-15,17,20,34H,3,7-8,16H2,1H3,(H,30,36)(H,31,35). The van der Waals surface area contributed by atoms with Crippen LogP contribution in [0, 0.1) is 6.92 Å². The van der Waals surface area contributed by atoms with Crippen molar-refractivity contribution in [3.05, 3.63) is 95.4 Å². The van der Waals surface area contributed by atoms with Crippen LogP contribution in [-0.4, -0.2) is 31.8 Å². The van der Waals surface area contributed by atoms with E-state index in [0.29, 0.717) is 29.1 Å². The Kier molecular flexibility index (Phi) is 6.49. The molecule has 2 heterocycles. The van der Waals surface area contributed by atoms with Gasteiger partial charge in [-0.05, 0) is 55.7 Å². The van der Waals surface area contributed by atoms with E-state index in [0.717, 1.165) is 36.1 Å². The molecule has 1 fully saturated rings. The molecule has 2 aromatic heterocycles. The maximum absolute atomic E-state index is 13.1. The van der Waals surface area contributed by atoms with Gasteiger partial charge in [-0.2, -0.15) is 9.78 Å². The second-order valence-corrected chi connectivity index (χ2v) is 9.07. The quantitative estimate of drug-likeness (QED) is 0.349. The molecule has 2 amide bonds. The molecule has 1 aliphatic rings. The topological polar surface area (TPSA) is 109 Å². The number of nitrogens with zero attached hydrogens (tertiary/aromatic N) is 3. The van der Waals surface area contributed by atoms with Gasteiger partial charge in [0.05, 0.1) is 17.0 Å². The van der Waals surface area contributed by atoms with E-state index in [4.69, 9.17) is 0 Å². The molecule has 1 aliphatic carbocycles. The first-order valence-corrected chi connectivity index (χ1v) is 12.0. The predicted octanol–water partition coefficient (Wildman–Crippen LogP) is 5.24. The summed E-state index contributed by atoms with van der Waals surface area (Å²) in [6.07, 6.45) is 6.19. The van der Waals surface area contributed by atoms with Crippen molar-refractivity contribution in [2.24, 2.45) is 0 Å². The van der Waals surface area contributed by atoms with Crippen LogP contribution in [0.2, 0.25) is 0 Å². The summed E-state index contributed by atoms with van der Waals surface area (Å²) >= 11 is 0. The van der Waals surface area contributed by atoms with E-state index in [1.165, 1.54) is 16.9 Å². The van der Waals surface area contributed by atoms with Crippen LogP contribution in [0.1, 0.15) is 52.4 Å². The number of nitrogens with one attached hydrogen (secondary N) is 2. The number of aromatic nitrogens is 3. The molecule has 3 N–H and O–H groups in total. The Labute approximate surface area is 209 Å². The molecular weight excluding hydrogens is 454 g/mol. The highest BCUT2D eigenvalue weighted by molar-refractivity contribution is 6.04. The fourth-order valence-electron chi connectivity index (χ4n) is 4.29. The second-order valence-electron chi connectivity index (χ2n) is 9.07. The molecule has 2 aromatic carbocycles. The molecule has 182 valence electrons. The van der Waals surface area contributed by atoms with Gasteiger partial charge in [-0.15, -0.1) is 0 Å². The van der Waals surface area contributed by atoms with Crippen LogP contribution in [-0.2, 0) is 6.54 Å². The molecule has 36 heavy (non-hydrogen) atoms. The van der Waals surface area contributed by atoms with Gasteiger partial charge in [-0.1, -0.05) is 36.2 Å². The smallest absolute Gasteiger partial charge is 0.342 e. The summed E-state index contributed by atoms with van der Waals surface area (Å²) < 4.78 is 1.42. The lowest BCUT2D eigenvalue weighted by Crippen LogP contribution is -2.31. The lowest BCUT2D eigenvalue weighted by atomic mass is 9.82. The predicted molar refractivity (Wildman–Crippen MR) is 137 cm³/mol. The van der Waals surface area contributed by atoms with Gasteiger partial charge in [0.15, 0.2) is 0 Å². The number of phenolic OH excluding ortho intramolecular Hbond substituents is 1. The lowest BCUT2D eigenvalue weighted by Gasteiger charge is -2.25. The summed E-state index contributed by atoms with van der Waals surface area (Å²) in [7, 11) is 0. The molecule has 0 spiro atoms. The molecule has 0 saturated heterocycles. The van der Waals surface area contributed by atoms with E-state index >= 15 is 0 Å². The van der Waals surface area contributed by atoms with Crippen LogP contribution in [0.4, 0.5) is 10.5 Å². The summed E-state index contributed by atoms with van der Waals surface area (Å²) in [4.78, 5) is 29.4. The molecule has 0 radical (unpaired) electrons. The number of pyridine rings is 1. The number of rotatable bonds is 6. The fraction of sp³-hybridized carbons (Fsp3) is 0.214. The normalized spacial score (nSPS) is 13.1. The zero-order valence-electron chi connectivity index (χ0n) is 19.9. The first-order chi connectivity index (χ1) is 17.5. The first-order valence-electron chi connectivity index (χ1n) is 12.0. The van der Waals surface area contributed by atoms with E-state index in [1.807, 2.05) is 37.3 Å². The summed E-state index contributed by atoms with van der Waals surface area (Å²) in [5, 5.41) is 21.0. The molecule has 0 unspecified atom stereocenters. The van der Waals surface area contributed by atoms with E-state index in [1.54, 1.807) is 30.5 Å². The first kappa shape index (κ1) is 23.3. The molecule has 0 bridgehead atoms. The average molecular weight is 482 g/mol. The van der Waals surface area contributed by atoms with E-state index in [9.17, 15) is 14.7 Å². The number of aromatic hydroxyl groups is 1. The minimum Gasteiger partial charge on any atom is -0.507 e. The number of hydrogen-bond donors (Lipinski definition) is 3. The minimum atomic E-state index is -0.322. The number of amides is 2. The third-order valence-corrected chi connectivity index (χ3v) is 6.43. The fourth-order valence-corrected chi connectivity index (χ4v) is 4.29. The number of benzene rings is 2. The largest absolute Gasteiger partial charge is 0.507 e. The summed E-state index contributed by atoms with van der Waals surface area (Å²) in [5.74, 6) is -0.0998. The van der Waals surface area contributed by atoms with Gasteiger partial charge in [0, 0.05) is 42.2 Å². The molecule has 1 saturated carbocycles. The molecule has 5 rings (SSSR count). The van der Waals surface area contributed by atoms with Crippen molar-refractivity contribution in [1.29, 1.82) is 0 Å². The zero-order valence-corrected chi connectivity index (χ0v) is 19.9. The molecule has 0 aliphatic heterocycles. The number of anilines is 1. The van der Waals surface area contributed by atoms with E-state index < -0.39 is 0 Å². The van der Waals surface area contributed by atoms with Crippen molar-refractivity contribution in [3.8, 4) is 17.0 Å². The highest BCUT2D eigenvalue weighted by Gasteiger charge is 2.27. The summed E-state index contributed by atoms with van der Waals surface area (Å²) in [5.41, 5.74) is 4.84. The summed E-state index contributed by atoms with van der Waals surface area (Å²) in [6, 6.07) is 17.8. The Morgan fingerprint density at radius 2 is 1.94 bits per heavy atom. The molecule has 0 atom stereocenters. The van der Waals surface area contributed by atoms with Crippen LogP contribution in [0.5, 0.6) is 5.75 Å². The SMILES string of the molecule is Cc1cccc(CNC(=O)n2nc(-c3ccc(NC(=O)c4cccnc4)cc3O)cc2C2CCC2)c1. The third kappa shape index (κ3) is 4.98. The van der Waals surface area contributed by atoms with Crippen molar-refractivity contribution in [2.45, 2.75) is 38.6 Å². The van der Waals surface area contributed by atoms with E-state index in [2.05, 4.69) is 20.7 Å². The van der Waals surface area contributed by atoms with Gasteiger partial charge in [0.25, 0.3) is 5.91 Å². The Morgan fingerprint density at radius 3 is 2.64 bits per heavy atom. The van der Waals surface area contributed by atoms with Crippen molar-refractivity contribution < 1.29 is 14.7 Å². The third-order valence-electron chi connectivity index (χ3n) is 6.43. The van der Waals surface area contributed by atoms with Crippen molar-refractivity contribution in [1.82, 2.24) is 20.1 Å². The van der Waals surface area contributed by atoms with Crippen LogP contribution in [0.15, 0.2) is 73.1 Å². The number of carbonyl (C=O) groups is 2. The lowest BCUT2D eigenvalue weighted by molar-refractivity contribution is 0.102. The van der Waals surface area contributed by atoms with Gasteiger partial charge >= 0.3 is 6.03 Å². The van der Waals surface area contributed by atoms with Gasteiger partial charge in [-0.3, -0.25) is 9.78 Å². The van der Waals surface area contributed by atoms with Crippen molar-refractivity contribution >= 4 is 17.6 Å². The minimum absolute atomic E-state index is 0.0380. The van der Waals surface area contributed by atoms with Gasteiger partial charge in [0.2, 0.25) is 0 Å². The number of carbonyl (C=O) groups excluding carboxylic acids is 2. The molecule has 8 nitrogen and oxygen atoms in total. The Balaban J connectivity index is 1.36. The molecule has 4 aromatic rings. The van der Waals surface area contributed by atoms with Crippen LogP contribution in [0.3, 0.4) is 0 Å². The maximum Gasteiger partial charge on any atom is 0.342 e. The second kappa shape index (κ2) is 10.0. The van der Waals surface area contributed by atoms with Gasteiger partial charge in [0.1, 0.15) is 5.75 Å². The van der Waals surface area contributed by atoms with E-state index in [-0.39, 0.29) is 23.6 Å². The van der Waals surface area contributed by atoms with Crippen LogP contribution < -0.4 is 10.6 Å². The molecule has 8 heteroatoms. The molecular formula is C28H27N5O3. The monoisotopic (exact) mass is 481 g/mol. The van der Waals surface area contributed by atoms with Crippen LogP contribution >= 0.6 is 0 Å². The maximum atomic E-state index is 13.1.